The Morgan fingerprint density at radius 3 is 2.72 bits per heavy atom. The van der Waals surface area contributed by atoms with Crippen LogP contribution in [0.2, 0.25) is 0 Å². The summed E-state index contributed by atoms with van der Waals surface area (Å²) in [5, 5.41) is 16.6. The average molecular weight is 335 g/mol. The molecule has 0 atom stereocenters. The van der Waals surface area contributed by atoms with Crippen molar-refractivity contribution in [3.63, 3.8) is 0 Å². The lowest BCUT2D eigenvalue weighted by Gasteiger charge is -2.20. The zero-order chi connectivity index (χ0) is 17.4. The highest BCUT2D eigenvalue weighted by Crippen LogP contribution is 2.27. The van der Waals surface area contributed by atoms with Gasteiger partial charge in [0.25, 0.3) is 5.56 Å². The minimum atomic E-state index is -0.423. The van der Waals surface area contributed by atoms with Gasteiger partial charge in [0.2, 0.25) is 0 Å². The molecule has 4 rings (SSSR count). The molecule has 0 saturated heterocycles. The zero-order valence-corrected chi connectivity index (χ0v) is 13.6. The third-order valence-corrected chi connectivity index (χ3v) is 4.60. The Balaban J connectivity index is 1.80. The van der Waals surface area contributed by atoms with Gasteiger partial charge in [0.05, 0.1) is 4.92 Å². The predicted octanol–water partition coefficient (Wildman–Crippen LogP) is 3.32. The van der Waals surface area contributed by atoms with Crippen molar-refractivity contribution in [2.24, 2.45) is 0 Å². The van der Waals surface area contributed by atoms with Crippen LogP contribution in [0.4, 0.5) is 11.5 Å². The summed E-state index contributed by atoms with van der Waals surface area (Å²) in [6.45, 7) is 1.15. The summed E-state index contributed by atoms with van der Waals surface area (Å²) >= 11 is 0. The second kappa shape index (κ2) is 6.05. The Morgan fingerprint density at radius 1 is 1.12 bits per heavy atom. The highest BCUT2D eigenvalue weighted by atomic mass is 16.6. The van der Waals surface area contributed by atoms with E-state index in [1.165, 1.54) is 10.6 Å². The van der Waals surface area contributed by atoms with Gasteiger partial charge in [0.1, 0.15) is 0 Å². The van der Waals surface area contributed by atoms with E-state index >= 15 is 0 Å². The van der Waals surface area contributed by atoms with Gasteiger partial charge in [-0.2, -0.15) is 0 Å². The molecule has 0 aliphatic carbocycles. The van der Waals surface area contributed by atoms with Gasteiger partial charge in [0, 0.05) is 31.1 Å². The number of hydrogen-bond acceptors (Lipinski definition) is 4. The van der Waals surface area contributed by atoms with E-state index in [2.05, 4.69) is 5.32 Å². The molecule has 1 N–H and O–H groups in total. The number of anilines is 1. The second-order valence-electron chi connectivity index (χ2n) is 6.26. The first kappa shape index (κ1) is 15.4. The molecule has 1 aliphatic heterocycles. The van der Waals surface area contributed by atoms with E-state index in [0.717, 1.165) is 22.8 Å². The van der Waals surface area contributed by atoms with Crippen molar-refractivity contribution in [1.82, 2.24) is 4.57 Å². The molecular weight excluding hydrogens is 318 g/mol. The summed E-state index contributed by atoms with van der Waals surface area (Å²) in [6, 6.07) is 15.4. The maximum Gasteiger partial charge on any atom is 0.310 e. The minimum absolute atomic E-state index is 0.0323. The molecule has 2 aromatic carbocycles. The fraction of sp³-hybridized carbons (Fsp3) is 0.211. The molecule has 126 valence electrons. The molecule has 0 radical (unpaired) electrons. The van der Waals surface area contributed by atoms with Crippen LogP contribution in [0, 0.1) is 10.1 Å². The van der Waals surface area contributed by atoms with Gasteiger partial charge < -0.3 is 5.32 Å². The number of nitro groups is 1. The molecule has 0 fully saturated rings. The van der Waals surface area contributed by atoms with Gasteiger partial charge in [-0.05, 0) is 22.8 Å². The van der Waals surface area contributed by atoms with Gasteiger partial charge >= 0.3 is 5.69 Å². The molecule has 0 spiro atoms. The number of nitrogens with one attached hydrogen (secondary N) is 1. The van der Waals surface area contributed by atoms with Crippen LogP contribution in [0.15, 0.2) is 53.3 Å². The molecule has 0 saturated carbocycles. The summed E-state index contributed by atoms with van der Waals surface area (Å²) in [4.78, 5) is 23.7. The third-order valence-electron chi connectivity index (χ3n) is 4.60. The Bertz CT molecular complexity index is 1040. The quantitative estimate of drug-likeness (QED) is 0.588. The summed E-state index contributed by atoms with van der Waals surface area (Å²) in [7, 11) is 0. The largest absolute Gasteiger partial charge is 0.366 e. The van der Waals surface area contributed by atoms with E-state index in [1.807, 2.05) is 42.5 Å². The van der Waals surface area contributed by atoms with Gasteiger partial charge in [-0.15, -0.1) is 0 Å². The van der Waals surface area contributed by atoms with E-state index in [9.17, 15) is 14.9 Å². The number of fused-ring (bicyclic) bond motifs is 2. The van der Waals surface area contributed by atoms with Gasteiger partial charge in [0.15, 0.2) is 5.82 Å². The lowest BCUT2D eigenvalue weighted by Crippen LogP contribution is -2.31. The average Bonchev–Trinajstić information content (AvgIpc) is 2.64. The van der Waals surface area contributed by atoms with Crippen LogP contribution in [0.1, 0.15) is 17.5 Å². The molecule has 0 amide bonds. The van der Waals surface area contributed by atoms with Crippen molar-refractivity contribution in [2.45, 2.75) is 19.4 Å². The molecule has 6 heteroatoms. The number of rotatable bonds is 3. The Morgan fingerprint density at radius 2 is 1.92 bits per heavy atom. The fourth-order valence-corrected chi connectivity index (χ4v) is 3.39. The molecule has 3 aromatic rings. The minimum Gasteiger partial charge on any atom is -0.366 e. The van der Waals surface area contributed by atoms with E-state index in [-0.39, 0.29) is 11.2 Å². The molecule has 2 heterocycles. The van der Waals surface area contributed by atoms with Crippen molar-refractivity contribution in [3.8, 4) is 0 Å². The Kier molecular flexibility index (Phi) is 3.72. The number of benzene rings is 2. The smallest absolute Gasteiger partial charge is 0.310 e. The first-order valence-corrected chi connectivity index (χ1v) is 8.26. The van der Waals surface area contributed by atoms with Gasteiger partial charge in [-0.3, -0.25) is 19.5 Å². The van der Waals surface area contributed by atoms with Crippen molar-refractivity contribution < 1.29 is 4.92 Å². The van der Waals surface area contributed by atoms with Crippen molar-refractivity contribution in [2.75, 3.05) is 11.9 Å². The molecule has 1 aromatic heterocycles. The van der Waals surface area contributed by atoms with Crippen LogP contribution in [0.5, 0.6) is 0 Å². The maximum absolute atomic E-state index is 12.8. The molecule has 0 unspecified atom stereocenters. The number of hydrogen-bond donors (Lipinski definition) is 1. The van der Waals surface area contributed by atoms with Gasteiger partial charge in [-0.1, -0.05) is 42.5 Å². The third kappa shape index (κ3) is 2.76. The monoisotopic (exact) mass is 335 g/mol. The van der Waals surface area contributed by atoms with E-state index in [0.29, 0.717) is 30.9 Å². The number of nitrogens with zero attached hydrogens (tertiary/aromatic N) is 2. The van der Waals surface area contributed by atoms with Crippen LogP contribution in [0.25, 0.3) is 10.8 Å². The zero-order valence-electron chi connectivity index (χ0n) is 13.6. The summed E-state index contributed by atoms with van der Waals surface area (Å²) in [6.07, 6.45) is 1.16. The molecule has 1 aliphatic rings. The Labute approximate surface area is 143 Å². The SMILES string of the molecule is O=c1c(Cc2ccc3ccccc3c2)cc([N+](=O)[O-])c2n1CCCN2. The first-order chi connectivity index (χ1) is 12.1. The fourth-order valence-electron chi connectivity index (χ4n) is 3.39. The summed E-state index contributed by atoms with van der Waals surface area (Å²) < 4.78 is 1.50. The molecule has 25 heavy (non-hydrogen) atoms. The Hall–Kier alpha value is -3.15. The van der Waals surface area contributed by atoms with Crippen molar-refractivity contribution in [3.05, 3.63) is 80.1 Å². The van der Waals surface area contributed by atoms with Gasteiger partial charge in [-0.25, -0.2) is 0 Å². The van der Waals surface area contributed by atoms with Crippen LogP contribution in [0.3, 0.4) is 0 Å². The normalized spacial score (nSPS) is 13.3. The predicted molar refractivity (Wildman–Crippen MR) is 97.2 cm³/mol. The number of aromatic nitrogens is 1. The highest BCUT2D eigenvalue weighted by molar-refractivity contribution is 5.83. The van der Waals surface area contributed by atoms with Crippen LogP contribution in [-0.4, -0.2) is 16.0 Å². The van der Waals surface area contributed by atoms with E-state index in [1.54, 1.807) is 0 Å². The standard InChI is InChI=1S/C19H17N3O3/c23-19-16(11-13-6-7-14-4-1-2-5-15(14)10-13)12-17(22(24)25)18-20-8-3-9-21(18)19/h1-2,4-7,10,12,20H,3,8-9,11H2. The lowest BCUT2D eigenvalue weighted by molar-refractivity contribution is -0.384. The van der Waals surface area contributed by atoms with Crippen molar-refractivity contribution >= 4 is 22.3 Å². The lowest BCUT2D eigenvalue weighted by atomic mass is 10.0. The maximum atomic E-state index is 12.8. The van der Waals surface area contributed by atoms with Crippen LogP contribution >= 0.6 is 0 Å². The molecule has 6 nitrogen and oxygen atoms in total. The second-order valence-corrected chi connectivity index (χ2v) is 6.26. The topological polar surface area (TPSA) is 77.2 Å². The summed E-state index contributed by atoms with van der Waals surface area (Å²) in [5.74, 6) is 0.323. The van der Waals surface area contributed by atoms with E-state index < -0.39 is 4.92 Å². The van der Waals surface area contributed by atoms with E-state index in [4.69, 9.17) is 0 Å². The van der Waals surface area contributed by atoms with Crippen molar-refractivity contribution in [1.29, 1.82) is 0 Å². The molecule has 0 bridgehead atoms. The van der Waals surface area contributed by atoms with Crippen LogP contribution in [-0.2, 0) is 13.0 Å². The number of pyridine rings is 1. The summed E-state index contributed by atoms with van der Waals surface area (Å²) in [5.41, 5.74) is 1.24. The molecular formula is C19H17N3O3. The first-order valence-electron chi connectivity index (χ1n) is 8.26. The highest BCUT2D eigenvalue weighted by Gasteiger charge is 2.24. The van der Waals surface area contributed by atoms with Crippen LogP contribution < -0.4 is 10.9 Å².